The fourth-order valence-corrected chi connectivity index (χ4v) is 2.01. The standard InChI is InChI=1S/C13H21N5O2/c1-3-14-12-8-15-11(7-16-12)13(19)17-6-10-9-18(2)4-5-20-10/h7-8,10H,3-6,9H2,1-2H3,(H,14,16)(H,17,19). The van der Waals surface area contributed by atoms with Gasteiger partial charge in [0.2, 0.25) is 0 Å². The minimum absolute atomic E-state index is 0.0340. The first-order valence-electron chi connectivity index (χ1n) is 6.83. The van der Waals surface area contributed by atoms with Crippen molar-refractivity contribution >= 4 is 11.7 Å². The smallest absolute Gasteiger partial charge is 0.271 e. The van der Waals surface area contributed by atoms with Crippen molar-refractivity contribution in [3.8, 4) is 0 Å². The third-order valence-corrected chi connectivity index (χ3v) is 3.07. The lowest BCUT2D eigenvalue weighted by Crippen LogP contribution is -2.46. The number of rotatable bonds is 5. The molecule has 20 heavy (non-hydrogen) atoms. The Bertz CT molecular complexity index is 437. The largest absolute Gasteiger partial charge is 0.374 e. The van der Waals surface area contributed by atoms with Crippen molar-refractivity contribution in [2.24, 2.45) is 0 Å². The molecule has 2 N–H and O–H groups in total. The average Bonchev–Trinajstić information content (AvgIpc) is 2.46. The Morgan fingerprint density at radius 2 is 2.35 bits per heavy atom. The number of nitrogens with zero attached hydrogens (tertiary/aromatic N) is 3. The van der Waals surface area contributed by atoms with Gasteiger partial charge in [0.05, 0.1) is 25.1 Å². The van der Waals surface area contributed by atoms with Gasteiger partial charge in [-0.05, 0) is 14.0 Å². The number of carbonyl (C=O) groups is 1. The second-order valence-corrected chi connectivity index (χ2v) is 4.78. The molecule has 0 aliphatic carbocycles. The Morgan fingerprint density at radius 3 is 3.00 bits per heavy atom. The fourth-order valence-electron chi connectivity index (χ4n) is 2.01. The molecule has 1 aromatic rings. The van der Waals surface area contributed by atoms with Gasteiger partial charge in [0.15, 0.2) is 0 Å². The molecule has 110 valence electrons. The Hall–Kier alpha value is -1.73. The molecule has 2 rings (SSSR count). The molecule has 0 aromatic carbocycles. The maximum absolute atomic E-state index is 11.9. The summed E-state index contributed by atoms with van der Waals surface area (Å²) in [5.41, 5.74) is 0.316. The number of nitrogens with one attached hydrogen (secondary N) is 2. The molecule has 1 fully saturated rings. The van der Waals surface area contributed by atoms with E-state index in [1.807, 2.05) is 14.0 Å². The van der Waals surface area contributed by atoms with E-state index in [4.69, 9.17) is 4.74 Å². The van der Waals surface area contributed by atoms with E-state index in [2.05, 4.69) is 25.5 Å². The van der Waals surface area contributed by atoms with Crippen LogP contribution in [0.5, 0.6) is 0 Å². The summed E-state index contributed by atoms with van der Waals surface area (Å²) in [6.07, 6.45) is 3.07. The molecule has 0 saturated carbocycles. The van der Waals surface area contributed by atoms with E-state index in [-0.39, 0.29) is 12.0 Å². The molecule has 0 radical (unpaired) electrons. The van der Waals surface area contributed by atoms with Crippen LogP contribution in [0.2, 0.25) is 0 Å². The van der Waals surface area contributed by atoms with Crippen LogP contribution in [0.3, 0.4) is 0 Å². The van der Waals surface area contributed by atoms with Gasteiger partial charge in [-0.25, -0.2) is 9.97 Å². The third kappa shape index (κ3) is 4.14. The van der Waals surface area contributed by atoms with Crippen LogP contribution in [-0.2, 0) is 4.74 Å². The molecule has 0 bridgehead atoms. The molecule has 1 saturated heterocycles. The zero-order chi connectivity index (χ0) is 14.4. The van der Waals surface area contributed by atoms with Crippen molar-refractivity contribution < 1.29 is 9.53 Å². The number of morpholine rings is 1. The molecule has 1 atom stereocenters. The number of ether oxygens (including phenoxy) is 1. The van der Waals surface area contributed by atoms with E-state index in [9.17, 15) is 4.79 Å². The second-order valence-electron chi connectivity index (χ2n) is 4.78. The number of amides is 1. The Morgan fingerprint density at radius 1 is 1.50 bits per heavy atom. The SMILES string of the molecule is CCNc1cnc(C(=O)NCC2CN(C)CCO2)cn1. The summed E-state index contributed by atoms with van der Waals surface area (Å²) >= 11 is 0. The predicted molar refractivity (Wildman–Crippen MR) is 75.8 cm³/mol. The highest BCUT2D eigenvalue weighted by Gasteiger charge is 2.18. The van der Waals surface area contributed by atoms with Crippen molar-refractivity contribution in [1.29, 1.82) is 0 Å². The molecule has 0 spiro atoms. The molecule has 1 aliphatic rings. The van der Waals surface area contributed by atoms with E-state index in [1.54, 1.807) is 6.20 Å². The van der Waals surface area contributed by atoms with Crippen molar-refractivity contribution in [1.82, 2.24) is 20.2 Å². The first-order chi connectivity index (χ1) is 9.69. The van der Waals surface area contributed by atoms with E-state index in [0.29, 0.717) is 24.7 Å². The number of anilines is 1. The van der Waals surface area contributed by atoms with Gasteiger partial charge in [-0.2, -0.15) is 0 Å². The van der Waals surface area contributed by atoms with Crippen LogP contribution in [0, 0.1) is 0 Å². The summed E-state index contributed by atoms with van der Waals surface area (Å²) in [6, 6.07) is 0. The summed E-state index contributed by atoms with van der Waals surface area (Å²) in [7, 11) is 2.04. The highest BCUT2D eigenvalue weighted by atomic mass is 16.5. The van der Waals surface area contributed by atoms with Crippen LogP contribution in [0.1, 0.15) is 17.4 Å². The lowest BCUT2D eigenvalue weighted by atomic mass is 10.2. The van der Waals surface area contributed by atoms with Gasteiger partial charge in [-0.15, -0.1) is 0 Å². The molecular weight excluding hydrogens is 258 g/mol. The van der Waals surface area contributed by atoms with Gasteiger partial charge in [0.25, 0.3) is 5.91 Å². The Balaban J connectivity index is 1.82. The minimum atomic E-state index is -0.225. The zero-order valence-electron chi connectivity index (χ0n) is 11.9. The maximum Gasteiger partial charge on any atom is 0.271 e. The van der Waals surface area contributed by atoms with Crippen molar-refractivity contribution in [3.05, 3.63) is 18.1 Å². The zero-order valence-corrected chi connectivity index (χ0v) is 11.9. The number of aromatic nitrogens is 2. The number of likely N-dealkylation sites (N-methyl/N-ethyl adjacent to an activating group) is 1. The van der Waals surface area contributed by atoms with Crippen LogP contribution in [-0.4, -0.2) is 66.7 Å². The lowest BCUT2D eigenvalue weighted by Gasteiger charge is -2.30. The van der Waals surface area contributed by atoms with Crippen LogP contribution in [0.15, 0.2) is 12.4 Å². The van der Waals surface area contributed by atoms with Gasteiger partial charge in [0, 0.05) is 26.2 Å². The quantitative estimate of drug-likeness (QED) is 0.788. The van der Waals surface area contributed by atoms with Crippen molar-refractivity contribution in [2.75, 3.05) is 45.2 Å². The maximum atomic E-state index is 11.9. The first-order valence-corrected chi connectivity index (χ1v) is 6.83. The molecular formula is C13H21N5O2. The normalized spacial score (nSPS) is 19.6. The van der Waals surface area contributed by atoms with E-state index < -0.39 is 0 Å². The molecule has 7 heteroatoms. The highest BCUT2D eigenvalue weighted by Crippen LogP contribution is 2.03. The number of carbonyl (C=O) groups excluding carboxylic acids is 1. The van der Waals surface area contributed by atoms with E-state index in [1.165, 1.54) is 6.20 Å². The van der Waals surface area contributed by atoms with Gasteiger partial charge < -0.3 is 20.3 Å². The van der Waals surface area contributed by atoms with Crippen molar-refractivity contribution in [3.63, 3.8) is 0 Å². The summed E-state index contributed by atoms with van der Waals surface area (Å²) in [5, 5.41) is 5.86. The first kappa shape index (κ1) is 14.7. The molecule has 2 heterocycles. The fraction of sp³-hybridized carbons (Fsp3) is 0.615. The lowest BCUT2D eigenvalue weighted by molar-refractivity contribution is -0.0175. The molecule has 1 amide bonds. The Kier molecular flexibility index (Phi) is 5.25. The second kappa shape index (κ2) is 7.16. The van der Waals surface area contributed by atoms with Crippen LogP contribution < -0.4 is 10.6 Å². The summed E-state index contributed by atoms with van der Waals surface area (Å²) in [6.45, 7) is 5.69. The van der Waals surface area contributed by atoms with Gasteiger partial charge in [-0.3, -0.25) is 4.79 Å². The summed E-state index contributed by atoms with van der Waals surface area (Å²) in [4.78, 5) is 22.3. The van der Waals surface area contributed by atoms with Crippen LogP contribution in [0.25, 0.3) is 0 Å². The van der Waals surface area contributed by atoms with Crippen molar-refractivity contribution in [2.45, 2.75) is 13.0 Å². The monoisotopic (exact) mass is 279 g/mol. The van der Waals surface area contributed by atoms with Gasteiger partial charge in [0.1, 0.15) is 11.5 Å². The number of hydrogen-bond acceptors (Lipinski definition) is 6. The number of hydrogen-bond donors (Lipinski definition) is 2. The van der Waals surface area contributed by atoms with E-state index in [0.717, 1.165) is 19.6 Å². The molecule has 7 nitrogen and oxygen atoms in total. The minimum Gasteiger partial charge on any atom is -0.374 e. The van der Waals surface area contributed by atoms with Crippen LogP contribution in [0.4, 0.5) is 5.82 Å². The van der Waals surface area contributed by atoms with Gasteiger partial charge >= 0.3 is 0 Å². The molecule has 1 aliphatic heterocycles. The summed E-state index contributed by atoms with van der Waals surface area (Å²) in [5.74, 6) is 0.443. The topological polar surface area (TPSA) is 79.4 Å². The average molecular weight is 279 g/mol. The summed E-state index contributed by atoms with van der Waals surface area (Å²) < 4.78 is 5.58. The van der Waals surface area contributed by atoms with Gasteiger partial charge in [-0.1, -0.05) is 0 Å². The molecule has 1 aromatic heterocycles. The highest BCUT2D eigenvalue weighted by molar-refractivity contribution is 5.92. The predicted octanol–water partition coefficient (Wildman–Crippen LogP) is -0.0312. The van der Waals surface area contributed by atoms with Crippen LogP contribution >= 0.6 is 0 Å². The third-order valence-electron chi connectivity index (χ3n) is 3.07. The Labute approximate surface area is 118 Å². The molecule has 1 unspecified atom stereocenters. The van der Waals surface area contributed by atoms with E-state index >= 15 is 0 Å².